The molecule has 3 rings (SSSR count). The van der Waals surface area contributed by atoms with E-state index in [1.165, 1.54) is 25.7 Å². The summed E-state index contributed by atoms with van der Waals surface area (Å²) >= 11 is 0. The molecule has 2 N–H and O–H groups in total. The summed E-state index contributed by atoms with van der Waals surface area (Å²) in [4.78, 5) is 2.51. The Hall–Kier alpha value is -0.120. The van der Waals surface area contributed by atoms with Crippen molar-refractivity contribution in [3.8, 4) is 0 Å². The molecule has 3 fully saturated rings. The topological polar surface area (TPSA) is 38.5 Å². The number of morpholine rings is 1. The Morgan fingerprint density at radius 2 is 1.85 bits per heavy atom. The molecule has 2 atom stereocenters. The van der Waals surface area contributed by atoms with E-state index in [0.29, 0.717) is 12.2 Å². The minimum atomic E-state index is 0.177. The summed E-state index contributed by atoms with van der Waals surface area (Å²) in [6, 6.07) is 0. The van der Waals surface area contributed by atoms with Crippen LogP contribution in [0.5, 0.6) is 0 Å². The van der Waals surface area contributed by atoms with Gasteiger partial charge in [0.05, 0.1) is 12.2 Å². The molecular weight excluding hydrogens is 164 g/mol. The number of rotatable bonds is 2. The zero-order valence-electron chi connectivity index (χ0n) is 8.04. The van der Waals surface area contributed by atoms with E-state index in [-0.39, 0.29) is 5.54 Å². The van der Waals surface area contributed by atoms with Crippen molar-refractivity contribution in [3.63, 3.8) is 0 Å². The zero-order valence-corrected chi connectivity index (χ0v) is 8.04. The van der Waals surface area contributed by atoms with Gasteiger partial charge in [-0.15, -0.1) is 0 Å². The summed E-state index contributed by atoms with van der Waals surface area (Å²) < 4.78 is 5.78. The number of hydrogen-bond acceptors (Lipinski definition) is 3. The van der Waals surface area contributed by atoms with Crippen LogP contribution in [0.25, 0.3) is 0 Å². The number of hydrogen-bond donors (Lipinski definition) is 1. The summed E-state index contributed by atoms with van der Waals surface area (Å²) in [5.74, 6) is 0. The lowest BCUT2D eigenvalue weighted by Crippen LogP contribution is -2.48. The van der Waals surface area contributed by atoms with Crippen LogP contribution in [0.15, 0.2) is 0 Å². The van der Waals surface area contributed by atoms with Gasteiger partial charge in [-0.1, -0.05) is 0 Å². The third-order valence-electron chi connectivity index (χ3n) is 3.55. The monoisotopic (exact) mass is 182 g/mol. The van der Waals surface area contributed by atoms with Gasteiger partial charge in [0.1, 0.15) is 0 Å². The molecule has 3 aliphatic rings. The Bertz CT molecular complexity index is 203. The fourth-order valence-corrected chi connectivity index (χ4v) is 2.59. The number of nitrogens with two attached hydrogens (primary N) is 1. The average molecular weight is 182 g/mol. The van der Waals surface area contributed by atoms with Crippen LogP contribution >= 0.6 is 0 Å². The molecule has 1 aliphatic carbocycles. The van der Waals surface area contributed by atoms with Gasteiger partial charge in [0.25, 0.3) is 0 Å². The number of nitrogens with zero attached hydrogens (tertiary/aromatic N) is 1. The predicted molar refractivity (Wildman–Crippen MR) is 50.5 cm³/mol. The molecule has 0 aromatic rings. The molecule has 0 spiro atoms. The molecular formula is C10H18N2O. The van der Waals surface area contributed by atoms with Crippen molar-refractivity contribution in [1.29, 1.82) is 0 Å². The summed E-state index contributed by atoms with van der Waals surface area (Å²) in [5, 5.41) is 0. The SMILES string of the molecule is NC1(CN2CC3CCC(C2)O3)CC1. The molecule has 3 nitrogen and oxygen atoms in total. The van der Waals surface area contributed by atoms with Crippen LogP contribution in [0, 0.1) is 0 Å². The maximum Gasteiger partial charge on any atom is 0.0707 e. The van der Waals surface area contributed by atoms with Gasteiger partial charge >= 0.3 is 0 Å². The lowest BCUT2D eigenvalue weighted by Gasteiger charge is -2.33. The second kappa shape index (κ2) is 2.69. The van der Waals surface area contributed by atoms with Gasteiger partial charge in [-0.05, 0) is 25.7 Å². The van der Waals surface area contributed by atoms with Crippen molar-refractivity contribution >= 4 is 0 Å². The maximum atomic E-state index is 6.11. The first-order valence-electron chi connectivity index (χ1n) is 5.40. The van der Waals surface area contributed by atoms with Gasteiger partial charge in [-0.3, -0.25) is 4.90 Å². The minimum Gasteiger partial charge on any atom is -0.372 e. The molecule has 3 heteroatoms. The van der Waals surface area contributed by atoms with Gasteiger partial charge in [0.2, 0.25) is 0 Å². The maximum absolute atomic E-state index is 6.11. The van der Waals surface area contributed by atoms with Crippen molar-refractivity contribution in [2.75, 3.05) is 19.6 Å². The van der Waals surface area contributed by atoms with Crippen molar-refractivity contribution in [3.05, 3.63) is 0 Å². The fourth-order valence-electron chi connectivity index (χ4n) is 2.59. The highest BCUT2D eigenvalue weighted by atomic mass is 16.5. The van der Waals surface area contributed by atoms with Crippen LogP contribution in [0.1, 0.15) is 25.7 Å². The molecule has 2 aliphatic heterocycles. The van der Waals surface area contributed by atoms with Gasteiger partial charge in [0.15, 0.2) is 0 Å². The van der Waals surface area contributed by atoms with Crippen molar-refractivity contribution < 1.29 is 4.74 Å². The molecule has 2 saturated heterocycles. The standard InChI is InChI=1S/C10H18N2O/c11-10(3-4-10)7-12-5-8-1-2-9(6-12)13-8/h8-9H,1-7,11H2. The second-order valence-corrected chi connectivity index (χ2v) is 5.01. The normalized spacial score (nSPS) is 42.2. The first kappa shape index (κ1) is 8.21. The van der Waals surface area contributed by atoms with E-state index in [1.807, 2.05) is 0 Å². The first-order chi connectivity index (χ1) is 6.23. The van der Waals surface area contributed by atoms with Gasteiger partial charge in [0, 0.05) is 25.2 Å². The third kappa shape index (κ3) is 1.60. The van der Waals surface area contributed by atoms with E-state index in [2.05, 4.69) is 4.90 Å². The van der Waals surface area contributed by atoms with Crippen molar-refractivity contribution in [1.82, 2.24) is 4.90 Å². The largest absolute Gasteiger partial charge is 0.372 e. The molecule has 0 aromatic carbocycles. The summed E-state index contributed by atoms with van der Waals surface area (Å²) in [6.07, 6.45) is 6.00. The number of fused-ring (bicyclic) bond motifs is 2. The van der Waals surface area contributed by atoms with Crippen LogP contribution in [0.2, 0.25) is 0 Å². The van der Waals surface area contributed by atoms with E-state index >= 15 is 0 Å². The Kier molecular flexibility index (Phi) is 1.70. The number of likely N-dealkylation sites (tertiary alicyclic amines) is 1. The average Bonchev–Trinajstić information content (AvgIpc) is 2.70. The zero-order chi connectivity index (χ0) is 8.89. The Labute approximate surface area is 79.2 Å². The highest BCUT2D eigenvalue weighted by molar-refractivity contribution is 5.02. The lowest BCUT2D eigenvalue weighted by atomic mass is 10.2. The van der Waals surface area contributed by atoms with Crippen LogP contribution in [0.3, 0.4) is 0 Å². The second-order valence-electron chi connectivity index (χ2n) is 5.01. The Balaban J connectivity index is 1.60. The molecule has 0 aromatic heterocycles. The Morgan fingerprint density at radius 1 is 1.23 bits per heavy atom. The molecule has 2 heterocycles. The van der Waals surface area contributed by atoms with Crippen LogP contribution in [0.4, 0.5) is 0 Å². The Morgan fingerprint density at radius 3 is 2.38 bits per heavy atom. The lowest BCUT2D eigenvalue weighted by molar-refractivity contribution is -0.0404. The summed E-state index contributed by atoms with van der Waals surface area (Å²) in [7, 11) is 0. The highest BCUT2D eigenvalue weighted by Crippen LogP contribution is 2.35. The molecule has 74 valence electrons. The highest BCUT2D eigenvalue weighted by Gasteiger charge is 2.42. The van der Waals surface area contributed by atoms with Crippen LogP contribution in [-0.4, -0.2) is 42.3 Å². The van der Waals surface area contributed by atoms with Crippen LogP contribution in [-0.2, 0) is 4.74 Å². The predicted octanol–water partition coefficient (Wildman–Crippen LogP) is 0.341. The quantitative estimate of drug-likeness (QED) is 0.669. The molecule has 1 saturated carbocycles. The fraction of sp³-hybridized carbons (Fsp3) is 1.00. The van der Waals surface area contributed by atoms with Gasteiger partial charge < -0.3 is 10.5 Å². The molecule has 2 bridgehead atoms. The van der Waals surface area contributed by atoms with Crippen molar-refractivity contribution in [2.24, 2.45) is 5.73 Å². The third-order valence-corrected chi connectivity index (χ3v) is 3.55. The van der Waals surface area contributed by atoms with Gasteiger partial charge in [-0.2, -0.15) is 0 Å². The van der Waals surface area contributed by atoms with E-state index in [1.54, 1.807) is 0 Å². The van der Waals surface area contributed by atoms with Gasteiger partial charge in [-0.25, -0.2) is 0 Å². The molecule has 0 radical (unpaired) electrons. The van der Waals surface area contributed by atoms with E-state index in [4.69, 9.17) is 10.5 Å². The first-order valence-corrected chi connectivity index (χ1v) is 5.40. The van der Waals surface area contributed by atoms with E-state index < -0.39 is 0 Å². The van der Waals surface area contributed by atoms with E-state index in [0.717, 1.165) is 19.6 Å². The molecule has 13 heavy (non-hydrogen) atoms. The van der Waals surface area contributed by atoms with Crippen molar-refractivity contribution in [2.45, 2.75) is 43.4 Å². The summed E-state index contributed by atoms with van der Waals surface area (Å²) in [5.41, 5.74) is 6.28. The minimum absolute atomic E-state index is 0.177. The van der Waals surface area contributed by atoms with E-state index in [9.17, 15) is 0 Å². The number of ether oxygens (including phenoxy) is 1. The summed E-state index contributed by atoms with van der Waals surface area (Å²) in [6.45, 7) is 3.34. The molecule has 2 unspecified atom stereocenters. The molecule has 0 amide bonds. The smallest absolute Gasteiger partial charge is 0.0707 e. The van der Waals surface area contributed by atoms with Crippen LogP contribution < -0.4 is 5.73 Å².